The number of benzene rings is 1. The second kappa shape index (κ2) is 10.1. The van der Waals surface area contributed by atoms with Crippen LogP contribution >= 0.6 is 0 Å². The van der Waals surface area contributed by atoms with Crippen molar-refractivity contribution in [2.24, 2.45) is 11.8 Å². The summed E-state index contributed by atoms with van der Waals surface area (Å²) in [7, 11) is 0. The minimum absolute atomic E-state index is 0.0584. The fourth-order valence-electron chi connectivity index (χ4n) is 4.09. The third kappa shape index (κ3) is 4.63. The number of nitrogens with one attached hydrogen (secondary N) is 4. The molecule has 1 aromatic rings. The second-order valence-electron chi connectivity index (χ2n) is 7.87. The third-order valence-corrected chi connectivity index (χ3v) is 5.53. The SMILES string of the molecule is CC(NCCO)Nc1ccc(NC(C)NCCO)c2c1C(=O)C1C(O)=CC=C(O)C1C2=O. The highest BCUT2D eigenvalue weighted by molar-refractivity contribution is 6.22. The van der Waals surface area contributed by atoms with Crippen molar-refractivity contribution in [3.8, 4) is 0 Å². The molecule has 4 unspecified atom stereocenters. The van der Waals surface area contributed by atoms with Crippen molar-refractivity contribution in [3.63, 3.8) is 0 Å². The summed E-state index contributed by atoms with van der Waals surface area (Å²) >= 11 is 0. The molecule has 0 aromatic heterocycles. The van der Waals surface area contributed by atoms with Gasteiger partial charge in [0.25, 0.3) is 0 Å². The Kier molecular flexibility index (Phi) is 7.52. The molecule has 0 amide bonds. The van der Waals surface area contributed by atoms with Gasteiger partial charge in [0.15, 0.2) is 11.6 Å². The lowest BCUT2D eigenvalue weighted by Crippen LogP contribution is -2.43. The molecule has 8 N–H and O–H groups in total. The van der Waals surface area contributed by atoms with Crippen LogP contribution in [0.15, 0.2) is 35.8 Å². The maximum atomic E-state index is 13.5. The second-order valence-corrected chi connectivity index (χ2v) is 7.87. The van der Waals surface area contributed by atoms with E-state index in [1.54, 1.807) is 26.0 Å². The van der Waals surface area contributed by atoms with Crippen LogP contribution in [0.3, 0.4) is 0 Å². The highest BCUT2D eigenvalue weighted by atomic mass is 16.3. The Hall–Kier alpha value is -2.92. The molecule has 0 bridgehead atoms. The normalized spacial score (nSPS) is 21.8. The van der Waals surface area contributed by atoms with Crippen LogP contribution in [0.1, 0.15) is 34.6 Å². The Labute approximate surface area is 186 Å². The predicted molar refractivity (Wildman–Crippen MR) is 120 cm³/mol. The number of fused-ring (bicyclic) bond motifs is 2. The van der Waals surface area contributed by atoms with Gasteiger partial charge in [0.2, 0.25) is 0 Å². The van der Waals surface area contributed by atoms with Crippen molar-refractivity contribution in [3.05, 3.63) is 46.9 Å². The molecule has 0 saturated carbocycles. The van der Waals surface area contributed by atoms with E-state index in [-0.39, 0.29) is 48.2 Å². The van der Waals surface area contributed by atoms with Crippen LogP contribution in [0, 0.1) is 11.8 Å². The lowest BCUT2D eigenvalue weighted by molar-refractivity contribution is 0.0709. The van der Waals surface area contributed by atoms with Gasteiger partial charge < -0.3 is 31.1 Å². The van der Waals surface area contributed by atoms with Gasteiger partial charge in [0, 0.05) is 24.5 Å². The van der Waals surface area contributed by atoms with E-state index in [1.165, 1.54) is 12.2 Å². The van der Waals surface area contributed by atoms with Crippen LogP contribution in [-0.2, 0) is 0 Å². The van der Waals surface area contributed by atoms with Crippen molar-refractivity contribution in [1.29, 1.82) is 0 Å². The van der Waals surface area contributed by atoms with E-state index in [2.05, 4.69) is 21.3 Å². The number of aliphatic hydroxyl groups is 4. The smallest absolute Gasteiger partial charge is 0.177 e. The minimum Gasteiger partial charge on any atom is -0.511 e. The maximum Gasteiger partial charge on any atom is 0.177 e. The van der Waals surface area contributed by atoms with E-state index in [9.17, 15) is 19.8 Å². The van der Waals surface area contributed by atoms with E-state index in [0.717, 1.165) is 0 Å². The zero-order chi connectivity index (χ0) is 23.4. The molecule has 0 spiro atoms. The van der Waals surface area contributed by atoms with Crippen molar-refractivity contribution < 1.29 is 30.0 Å². The fourth-order valence-corrected chi connectivity index (χ4v) is 4.09. The zero-order valence-corrected chi connectivity index (χ0v) is 18.1. The van der Waals surface area contributed by atoms with Crippen molar-refractivity contribution >= 4 is 22.9 Å². The summed E-state index contributed by atoms with van der Waals surface area (Å²) in [6, 6.07) is 3.34. The highest BCUT2D eigenvalue weighted by Crippen LogP contribution is 2.44. The van der Waals surface area contributed by atoms with Crippen molar-refractivity contribution in [2.75, 3.05) is 36.9 Å². The molecule has 0 heterocycles. The Balaban J connectivity index is 2.08. The topological polar surface area (TPSA) is 163 Å². The Morgan fingerprint density at radius 3 is 1.50 bits per heavy atom. The van der Waals surface area contributed by atoms with Crippen LogP contribution in [0.5, 0.6) is 0 Å². The monoisotopic (exact) mass is 446 g/mol. The van der Waals surface area contributed by atoms with Crippen LogP contribution in [0.4, 0.5) is 11.4 Å². The van der Waals surface area contributed by atoms with E-state index in [0.29, 0.717) is 24.5 Å². The first-order chi connectivity index (χ1) is 15.3. The first-order valence-corrected chi connectivity index (χ1v) is 10.6. The van der Waals surface area contributed by atoms with E-state index in [1.807, 2.05) is 0 Å². The number of carbonyl (C=O) groups excluding carboxylic acids is 2. The summed E-state index contributed by atoms with van der Waals surface area (Å²) in [5.41, 5.74) is 1.06. The molecule has 0 aliphatic heterocycles. The molecular formula is C22H30N4O6. The average molecular weight is 447 g/mol. The van der Waals surface area contributed by atoms with Gasteiger partial charge >= 0.3 is 0 Å². The van der Waals surface area contributed by atoms with Gasteiger partial charge in [-0.3, -0.25) is 20.2 Å². The molecule has 10 heteroatoms. The van der Waals surface area contributed by atoms with Gasteiger partial charge in [-0.1, -0.05) is 0 Å². The molecule has 2 aliphatic rings. The van der Waals surface area contributed by atoms with Gasteiger partial charge in [0.1, 0.15) is 11.5 Å². The molecule has 174 valence electrons. The number of rotatable bonds is 10. The molecular weight excluding hydrogens is 416 g/mol. The predicted octanol–water partition coefficient (Wildman–Crippen LogP) is 0.875. The van der Waals surface area contributed by atoms with Gasteiger partial charge in [-0.2, -0.15) is 0 Å². The quantitative estimate of drug-likeness (QED) is 0.242. The average Bonchev–Trinajstić information content (AvgIpc) is 2.76. The number of allylic oxidation sites excluding steroid dienone is 4. The first-order valence-electron chi connectivity index (χ1n) is 10.6. The van der Waals surface area contributed by atoms with Gasteiger partial charge in [-0.15, -0.1) is 0 Å². The van der Waals surface area contributed by atoms with Gasteiger partial charge in [0.05, 0.1) is 48.5 Å². The lowest BCUT2D eigenvalue weighted by atomic mass is 9.69. The molecule has 1 aromatic carbocycles. The number of Topliss-reactive ketones (excluding diaryl/α,β-unsaturated/α-hetero) is 2. The molecule has 0 radical (unpaired) electrons. The van der Waals surface area contributed by atoms with Crippen LogP contribution in [0.25, 0.3) is 0 Å². The lowest BCUT2D eigenvalue weighted by Gasteiger charge is -2.34. The zero-order valence-electron chi connectivity index (χ0n) is 18.1. The van der Waals surface area contributed by atoms with Crippen molar-refractivity contribution in [1.82, 2.24) is 10.6 Å². The van der Waals surface area contributed by atoms with Gasteiger partial charge in [-0.25, -0.2) is 0 Å². The first kappa shape index (κ1) is 23.7. The number of aliphatic hydroxyl groups excluding tert-OH is 4. The van der Waals surface area contributed by atoms with Gasteiger partial charge in [-0.05, 0) is 38.1 Å². The van der Waals surface area contributed by atoms with Crippen molar-refractivity contribution in [2.45, 2.75) is 26.2 Å². The summed E-state index contributed by atoms with van der Waals surface area (Å²) in [4.78, 5) is 27.0. The molecule has 10 nitrogen and oxygen atoms in total. The highest BCUT2D eigenvalue weighted by Gasteiger charge is 2.49. The standard InChI is InChI=1S/C22H30N4O6/c1-11(23-7-9-27)25-13-3-4-14(26-12(2)24-8-10-28)18-17(13)21(31)19-15(29)5-6-16(30)20(19)22(18)32/h3-6,11-12,19-20,23-30H,7-10H2,1-2H3. The Morgan fingerprint density at radius 1 is 0.781 bits per heavy atom. The third-order valence-electron chi connectivity index (χ3n) is 5.53. The summed E-state index contributed by atoms with van der Waals surface area (Å²) in [6.45, 7) is 4.17. The summed E-state index contributed by atoms with van der Waals surface area (Å²) in [5, 5.41) is 51.1. The van der Waals surface area contributed by atoms with Crippen LogP contribution < -0.4 is 21.3 Å². The Bertz CT molecular complexity index is 870. The molecule has 4 atom stereocenters. The number of anilines is 2. The molecule has 2 aliphatic carbocycles. The summed E-state index contributed by atoms with van der Waals surface area (Å²) < 4.78 is 0. The molecule has 32 heavy (non-hydrogen) atoms. The van der Waals surface area contributed by atoms with E-state index >= 15 is 0 Å². The molecule has 3 rings (SSSR count). The number of ketones is 2. The number of carbonyl (C=O) groups is 2. The number of hydrogen-bond acceptors (Lipinski definition) is 10. The number of hydrogen-bond donors (Lipinski definition) is 8. The molecule has 0 saturated heterocycles. The minimum atomic E-state index is -1.19. The van der Waals surface area contributed by atoms with E-state index in [4.69, 9.17) is 10.2 Å². The fraction of sp³-hybridized carbons (Fsp3) is 0.455. The van der Waals surface area contributed by atoms with E-state index < -0.39 is 23.4 Å². The Morgan fingerprint density at radius 2 is 1.16 bits per heavy atom. The maximum absolute atomic E-state index is 13.5. The largest absolute Gasteiger partial charge is 0.511 e. The summed E-state index contributed by atoms with van der Waals surface area (Å²) in [5.74, 6) is -3.89. The van der Waals surface area contributed by atoms with Crippen LogP contribution in [-0.4, -0.2) is 70.6 Å². The molecule has 0 fully saturated rings. The van der Waals surface area contributed by atoms with Crippen LogP contribution in [0.2, 0.25) is 0 Å². The summed E-state index contributed by atoms with van der Waals surface area (Å²) in [6.07, 6.45) is 1.82.